The van der Waals surface area contributed by atoms with Crippen molar-refractivity contribution in [2.75, 3.05) is 7.05 Å². The van der Waals surface area contributed by atoms with Gasteiger partial charge in [-0.3, -0.25) is 0 Å². The highest BCUT2D eigenvalue weighted by Crippen LogP contribution is 2.31. The third-order valence-corrected chi connectivity index (χ3v) is 5.64. The average molecular weight is 273 g/mol. The lowest BCUT2D eigenvalue weighted by molar-refractivity contribution is 0.360. The maximum Gasteiger partial charge on any atom is 0.0345 e. The molecule has 1 aliphatic rings. The largest absolute Gasteiger partial charge is 0.317 e. The second-order valence-electron chi connectivity index (χ2n) is 5.74. The summed E-state index contributed by atoms with van der Waals surface area (Å²) in [4.78, 5) is 0. The number of benzene rings is 1. The molecule has 0 aliphatic heterocycles. The van der Waals surface area contributed by atoms with Gasteiger partial charge < -0.3 is 5.32 Å². The van der Waals surface area contributed by atoms with Crippen molar-refractivity contribution < 1.29 is 0 Å². The molecule has 19 heavy (non-hydrogen) atoms. The standard InChI is InChI=1S/C17H23NS/c1-18-16(13-6-2-3-7-13)11-10-14-12-19-17-9-5-4-8-15(14)17/h4-5,8-9,12-13,16,18H,2-3,6-7,10-11H2,1H3. The van der Waals surface area contributed by atoms with Crippen LogP contribution in [-0.4, -0.2) is 13.1 Å². The minimum absolute atomic E-state index is 0.709. The molecular formula is C17H23NS. The molecule has 1 atom stereocenters. The number of fused-ring (bicyclic) bond motifs is 1. The van der Waals surface area contributed by atoms with Crippen molar-refractivity contribution in [3.05, 3.63) is 35.2 Å². The molecule has 1 saturated carbocycles. The van der Waals surface area contributed by atoms with Crippen molar-refractivity contribution in [2.45, 2.75) is 44.6 Å². The van der Waals surface area contributed by atoms with Crippen LogP contribution in [0, 0.1) is 5.92 Å². The predicted molar refractivity (Wildman–Crippen MR) is 85.0 cm³/mol. The van der Waals surface area contributed by atoms with Gasteiger partial charge in [0.1, 0.15) is 0 Å². The van der Waals surface area contributed by atoms with Crippen molar-refractivity contribution in [1.29, 1.82) is 0 Å². The Morgan fingerprint density at radius 1 is 1.26 bits per heavy atom. The van der Waals surface area contributed by atoms with Crippen LogP contribution < -0.4 is 5.32 Å². The Hall–Kier alpha value is -0.860. The lowest BCUT2D eigenvalue weighted by Gasteiger charge is -2.22. The van der Waals surface area contributed by atoms with Crippen molar-refractivity contribution >= 4 is 21.4 Å². The van der Waals surface area contributed by atoms with Crippen molar-refractivity contribution in [1.82, 2.24) is 5.32 Å². The summed E-state index contributed by atoms with van der Waals surface area (Å²) in [6, 6.07) is 9.50. The first-order valence-corrected chi connectivity index (χ1v) is 8.39. The first-order valence-electron chi connectivity index (χ1n) is 7.51. The molecule has 0 saturated heterocycles. The third-order valence-electron chi connectivity index (χ3n) is 4.63. The summed E-state index contributed by atoms with van der Waals surface area (Å²) in [5.74, 6) is 0.912. The molecule has 2 heteroatoms. The molecular weight excluding hydrogens is 250 g/mol. The van der Waals surface area contributed by atoms with E-state index in [1.165, 1.54) is 48.6 Å². The van der Waals surface area contributed by atoms with E-state index in [0.717, 1.165) is 5.92 Å². The smallest absolute Gasteiger partial charge is 0.0345 e. The van der Waals surface area contributed by atoms with Crippen LogP contribution in [0.3, 0.4) is 0 Å². The molecule has 0 spiro atoms. The Kier molecular flexibility index (Phi) is 4.19. The summed E-state index contributed by atoms with van der Waals surface area (Å²) in [5.41, 5.74) is 1.54. The predicted octanol–water partition coefficient (Wildman–Crippen LogP) is 4.61. The number of aryl methyl sites for hydroxylation is 1. The van der Waals surface area contributed by atoms with Crippen LogP contribution in [0.5, 0.6) is 0 Å². The Labute approximate surface area is 120 Å². The summed E-state index contributed by atoms with van der Waals surface area (Å²) in [6.45, 7) is 0. The fourth-order valence-electron chi connectivity index (χ4n) is 3.51. The first kappa shape index (κ1) is 13.1. The van der Waals surface area contributed by atoms with Gasteiger partial charge in [-0.15, -0.1) is 11.3 Å². The zero-order chi connectivity index (χ0) is 13.1. The van der Waals surface area contributed by atoms with Gasteiger partial charge in [0.15, 0.2) is 0 Å². The van der Waals surface area contributed by atoms with Gasteiger partial charge in [0, 0.05) is 10.7 Å². The van der Waals surface area contributed by atoms with Crippen LogP contribution in [0.1, 0.15) is 37.7 Å². The maximum absolute atomic E-state index is 3.56. The fourth-order valence-corrected chi connectivity index (χ4v) is 4.51. The number of thiophene rings is 1. The topological polar surface area (TPSA) is 12.0 Å². The van der Waals surface area contributed by atoms with Gasteiger partial charge in [0.05, 0.1) is 0 Å². The molecule has 1 heterocycles. The highest BCUT2D eigenvalue weighted by Gasteiger charge is 2.23. The van der Waals surface area contributed by atoms with E-state index in [-0.39, 0.29) is 0 Å². The monoisotopic (exact) mass is 273 g/mol. The van der Waals surface area contributed by atoms with Gasteiger partial charge in [0.25, 0.3) is 0 Å². The van der Waals surface area contributed by atoms with E-state index in [4.69, 9.17) is 0 Å². The van der Waals surface area contributed by atoms with Gasteiger partial charge in [-0.1, -0.05) is 31.0 Å². The minimum atomic E-state index is 0.709. The van der Waals surface area contributed by atoms with Crippen molar-refractivity contribution in [3.63, 3.8) is 0 Å². The van der Waals surface area contributed by atoms with Crippen LogP contribution in [0.25, 0.3) is 10.1 Å². The molecule has 1 aliphatic carbocycles. The van der Waals surface area contributed by atoms with Gasteiger partial charge in [-0.25, -0.2) is 0 Å². The van der Waals surface area contributed by atoms with Gasteiger partial charge >= 0.3 is 0 Å². The van der Waals surface area contributed by atoms with Crippen LogP contribution in [0.4, 0.5) is 0 Å². The van der Waals surface area contributed by atoms with Crippen LogP contribution in [-0.2, 0) is 6.42 Å². The second-order valence-corrected chi connectivity index (χ2v) is 6.65. The van der Waals surface area contributed by atoms with Gasteiger partial charge in [0.2, 0.25) is 0 Å². The van der Waals surface area contributed by atoms with Gasteiger partial charge in [-0.2, -0.15) is 0 Å². The fraction of sp³-hybridized carbons (Fsp3) is 0.529. The van der Waals surface area contributed by atoms with E-state index in [9.17, 15) is 0 Å². The average Bonchev–Trinajstić information content (AvgIpc) is 3.09. The highest BCUT2D eigenvalue weighted by molar-refractivity contribution is 7.17. The maximum atomic E-state index is 3.56. The normalized spacial score (nSPS) is 18.2. The summed E-state index contributed by atoms with van der Waals surface area (Å²) in [7, 11) is 2.13. The Morgan fingerprint density at radius 2 is 2.05 bits per heavy atom. The highest BCUT2D eigenvalue weighted by atomic mass is 32.1. The molecule has 1 N–H and O–H groups in total. The summed E-state index contributed by atoms with van der Waals surface area (Å²) >= 11 is 1.89. The van der Waals surface area contributed by atoms with Crippen molar-refractivity contribution in [2.24, 2.45) is 5.92 Å². The van der Waals surface area contributed by atoms with E-state index >= 15 is 0 Å². The molecule has 102 valence electrons. The Morgan fingerprint density at radius 3 is 2.84 bits per heavy atom. The lowest BCUT2D eigenvalue weighted by atomic mass is 9.92. The van der Waals surface area contributed by atoms with Crippen LogP contribution in [0.2, 0.25) is 0 Å². The van der Waals surface area contributed by atoms with Crippen LogP contribution in [0.15, 0.2) is 29.6 Å². The Bertz CT molecular complexity index is 525. The molecule has 1 aromatic carbocycles. The first-order chi connectivity index (χ1) is 9.38. The molecule has 0 bridgehead atoms. The van der Waals surface area contributed by atoms with E-state index in [0.29, 0.717) is 6.04 Å². The molecule has 1 nitrogen and oxygen atoms in total. The number of rotatable bonds is 5. The lowest BCUT2D eigenvalue weighted by Crippen LogP contribution is -2.32. The summed E-state index contributed by atoms with van der Waals surface area (Å²) in [6.07, 6.45) is 8.22. The van der Waals surface area contributed by atoms with E-state index in [1.54, 1.807) is 5.56 Å². The zero-order valence-corrected chi connectivity index (χ0v) is 12.5. The van der Waals surface area contributed by atoms with E-state index in [1.807, 2.05) is 11.3 Å². The summed E-state index contributed by atoms with van der Waals surface area (Å²) in [5, 5.41) is 7.38. The van der Waals surface area contributed by atoms with E-state index in [2.05, 4.69) is 42.0 Å². The molecule has 1 fully saturated rings. The second kappa shape index (κ2) is 6.06. The molecule has 0 radical (unpaired) electrons. The molecule has 0 amide bonds. The summed E-state index contributed by atoms with van der Waals surface area (Å²) < 4.78 is 1.43. The van der Waals surface area contributed by atoms with E-state index < -0.39 is 0 Å². The number of nitrogens with one attached hydrogen (secondary N) is 1. The SMILES string of the molecule is CNC(CCc1csc2ccccc12)C1CCCC1. The number of hydrogen-bond donors (Lipinski definition) is 1. The molecule has 1 unspecified atom stereocenters. The van der Waals surface area contributed by atoms with Crippen molar-refractivity contribution in [3.8, 4) is 0 Å². The molecule has 2 aromatic rings. The van der Waals surface area contributed by atoms with Gasteiger partial charge in [-0.05, 0) is 61.0 Å². The molecule has 3 rings (SSSR count). The minimum Gasteiger partial charge on any atom is -0.317 e. The number of hydrogen-bond acceptors (Lipinski definition) is 2. The third kappa shape index (κ3) is 2.85. The quantitative estimate of drug-likeness (QED) is 0.838. The Balaban J connectivity index is 1.67. The molecule has 1 aromatic heterocycles. The zero-order valence-electron chi connectivity index (χ0n) is 11.7. The van der Waals surface area contributed by atoms with Crippen LogP contribution >= 0.6 is 11.3 Å².